The summed E-state index contributed by atoms with van der Waals surface area (Å²) in [5.74, 6) is 4.90. The summed E-state index contributed by atoms with van der Waals surface area (Å²) in [6.07, 6.45) is 3.26. The first-order valence-corrected chi connectivity index (χ1v) is 7.06. The first-order chi connectivity index (χ1) is 7.36. The Hall–Kier alpha value is -0.620. The van der Waals surface area contributed by atoms with Gasteiger partial charge in [-0.1, -0.05) is 0 Å². The predicted molar refractivity (Wildman–Crippen MR) is 68.5 cm³/mol. The van der Waals surface area contributed by atoms with Crippen molar-refractivity contribution in [2.45, 2.75) is 5.25 Å². The molecule has 1 aliphatic rings. The molecule has 1 atom stereocenters. The Kier molecular flexibility index (Phi) is 3.96. The minimum Gasteiger partial charge on any atom is -0.381 e. The van der Waals surface area contributed by atoms with E-state index in [4.69, 9.17) is 5.73 Å². The average molecular weight is 242 g/mol. The number of hydrogen-bond donors (Lipinski definition) is 2. The maximum absolute atomic E-state index is 5.69. The first-order valence-electron chi connectivity index (χ1n) is 4.86. The van der Waals surface area contributed by atoms with Crippen molar-refractivity contribution in [3.8, 4) is 0 Å². The van der Waals surface area contributed by atoms with Crippen molar-refractivity contribution in [2.24, 2.45) is 0 Å². The fourth-order valence-electron chi connectivity index (χ4n) is 1.35. The smallest absolute Gasteiger partial charge is 0.168 e. The van der Waals surface area contributed by atoms with Gasteiger partial charge in [0.1, 0.15) is 0 Å². The highest BCUT2D eigenvalue weighted by Crippen LogP contribution is 2.24. The van der Waals surface area contributed by atoms with Gasteiger partial charge in [-0.3, -0.25) is 0 Å². The standard InChI is InChI=1S/C9H14N4S2/c10-8-9(12-2-1-11-8)13-5-7-6-14-3-4-15-7/h1-2,7H,3-6H2,(H2,10,11)(H,12,13). The summed E-state index contributed by atoms with van der Waals surface area (Å²) in [5, 5.41) is 3.91. The molecule has 1 aromatic rings. The van der Waals surface area contributed by atoms with Crippen LogP contribution < -0.4 is 11.1 Å². The van der Waals surface area contributed by atoms with E-state index >= 15 is 0 Å². The third kappa shape index (κ3) is 3.17. The van der Waals surface area contributed by atoms with Crippen molar-refractivity contribution < 1.29 is 0 Å². The topological polar surface area (TPSA) is 63.8 Å². The van der Waals surface area contributed by atoms with Gasteiger partial charge in [0.15, 0.2) is 11.6 Å². The fourth-order valence-corrected chi connectivity index (χ4v) is 3.96. The second kappa shape index (κ2) is 5.46. The summed E-state index contributed by atoms with van der Waals surface area (Å²) in [5.41, 5.74) is 5.69. The van der Waals surface area contributed by atoms with Gasteiger partial charge in [0.2, 0.25) is 0 Å². The van der Waals surface area contributed by atoms with Crippen LogP contribution in [0.15, 0.2) is 12.4 Å². The van der Waals surface area contributed by atoms with E-state index in [2.05, 4.69) is 15.3 Å². The van der Waals surface area contributed by atoms with E-state index in [1.807, 2.05) is 23.5 Å². The van der Waals surface area contributed by atoms with E-state index < -0.39 is 0 Å². The molecule has 2 heterocycles. The van der Waals surface area contributed by atoms with Crippen LogP contribution >= 0.6 is 23.5 Å². The molecular formula is C9H14N4S2. The summed E-state index contributed by atoms with van der Waals surface area (Å²) in [6, 6.07) is 0. The molecular weight excluding hydrogens is 228 g/mol. The number of thioether (sulfide) groups is 2. The molecule has 0 amide bonds. The number of nitrogens with zero attached hydrogens (tertiary/aromatic N) is 2. The third-order valence-electron chi connectivity index (χ3n) is 2.11. The molecule has 0 aromatic carbocycles. The van der Waals surface area contributed by atoms with Gasteiger partial charge in [0, 0.05) is 41.4 Å². The molecule has 3 N–H and O–H groups in total. The van der Waals surface area contributed by atoms with Crippen molar-refractivity contribution in [1.82, 2.24) is 9.97 Å². The molecule has 2 rings (SSSR count). The number of aromatic nitrogens is 2. The lowest BCUT2D eigenvalue weighted by Crippen LogP contribution is -2.24. The molecule has 4 nitrogen and oxygen atoms in total. The Bertz CT molecular complexity index is 315. The molecule has 0 aliphatic carbocycles. The second-order valence-electron chi connectivity index (χ2n) is 3.24. The zero-order valence-electron chi connectivity index (χ0n) is 8.35. The minimum absolute atomic E-state index is 0.478. The third-order valence-corrected chi connectivity index (χ3v) is 4.95. The molecule has 1 aromatic heterocycles. The normalized spacial score (nSPS) is 21.2. The van der Waals surface area contributed by atoms with Gasteiger partial charge in [-0.2, -0.15) is 23.5 Å². The zero-order chi connectivity index (χ0) is 10.5. The van der Waals surface area contributed by atoms with Gasteiger partial charge >= 0.3 is 0 Å². The molecule has 1 unspecified atom stereocenters. The van der Waals surface area contributed by atoms with Crippen molar-refractivity contribution in [1.29, 1.82) is 0 Å². The summed E-state index contributed by atoms with van der Waals surface area (Å²) in [4.78, 5) is 8.13. The van der Waals surface area contributed by atoms with E-state index in [9.17, 15) is 0 Å². The lowest BCUT2D eigenvalue weighted by Gasteiger charge is -2.21. The van der Waals surface area contributed by atoms with Crippen molar-refractivity contribution in [3.63, 3.8) is 0 Å². The summed E-state index contributed by atoms with van der Waals surface area (Å²) >= 11 is 4.03. The van der Waals surface area contributed by atoms with Crippen LogP contribution in [0.2, 0.25) is 0 Å². The number of hydrogen-bond acceptors (Lipinski definition) is 6. The quantitative estimate of drug-likeness (QED) is 0.833. The highest BCUT2D eigenvalue weighted by molar-refractivity contribution is 8.06. The zero-order valence-corrected chi connectivity index (χ0v) is 9.98. The Balaban J connectivity index is 1.84. The van der Waals surface area contributed by atoms with Crippen LogP contribution in [0.5, 0.6) is 0 Å². The van der Waals surface area contributed by atoms with Gasteiger partial charge < -0.3 is 11.1 Å². The van der Waals surface area contributed by atoms with Crippen LogP contribution in [0.4, 0.5) is 11.6 Å². The summed E-state index contributed by atoms with van der Waals surface area (Å²) in [6.45, 7) is 0.917. The molecule has 0 spiro atoms. The number of anilines is 2. The van der Waals surface area contributed by atoms with E-state index in [0.717, 1.165) is 6.54 Å². The van der Waals surface area contributed by atoms with Crippen LogP contribution in [0, 0.1) is 0 Å². The molecule has 6 heteroatoms. The SMILES string of the molecule is Nc1nccnc1NCC1CSCCS1. The highest BCUT2D eigenvalue weighted by Gasteiger charge is 2.14. The molecule has 82 valence electrons. The number of nitrogen functional groups attached to an aromatic ring is 1. The first kappa shape index (κ1) is 10.9. The summed E-state index contributed by atoms with van der Waals surface area (Å²) in [7, 11) is 0. The molecule has 1 aliphatic heterocycles. The van der Waals surface area contributed by atoms with Crippen LogP contribution in [0.1, 0.15) is 0 Å². The van der Waals surface area contributed by atoms with Crippen molar-refractivity contribution in [3.05, 3.63) is 12.4 Å². The van der Waals surface area contributed by atoms with Gasteiger partial charge in [-0.15, -0.1) is 0 Å². The van der Waals surface area contributed by atoms with Crippen LogP contribution in [-0.4, -0.2) is 39.0 Å². The van der Waals surface area contributed by atoms with Gasteiger partial charge in [-0.05, 0) is 0 Å². The minimum atomic E-state index is 0.478. The molecule has 0 saturated carbocycles. The number of nitrogens with one attached hydrogen (secondary N) is 1. The van der Waals surface area contributed by atoms with E-state index in [-0.39, 0.29) is 0 Å². The monoisotopic (exact) mass is 242 g/mol. The maximum Gasteiger partial charge on any atom is 0.168 e. The highest BCUT2D eigenvalue weighted by atomic mass is 32.2. The molecule has 15 heavy (non-hydrogen) atoms. The lowest BCUT2D eigenvalue weighted by atomic mass is 10.4. The Labute approximate surface area is 97.8 Å². The largest absolute Gasteiger partial charge is 0.381 e. The van der Waals surface area contributed by atoms with Gasteiger partial charge in [0.05, 0.1) is 0 Å². The van der Waals surface area contributed by atoms with Crippen molar-refractivity contribution >= 4 is 35.2 Å². The molecule has 1 fully saturated rings. The molecule has 0 radical (unpaired) electrons. The second-order valence-corrected chi connectivity index (χ2v) is 5.80. The number of rotatable bonds is 3. The maximum atomic E-state index is 5.69. The Morgan fingerprint density at radius 2 is 2.27 bits per heavy atom. The van der Waals surface area contributed by atoms with Crippen LogP contribution in [-0.2, 0) is 0 Å². The van der Waals surface area contributed by atoms with Gasteiger partial charge in [0.25, 0.3) is 0 Å². The van der Waals surface area contributed by atoms with Gasteiger partial charge in [-0.25, -0.2) is 9.97 Å². The average Bonchev–Trinajstić information content (AvgIpc) is 2.29. The number of nitrogens with two attached hydrogens (primary N) is 1. The Morgan fingerprint density at radius 3 is 3.00 bits per heavy atom. The van der Waals surface area contributed by atoms with E-state index in [1.54, 1.807) is 12.4 Å². The predicted octanol–water partition coefficient (Wildman–Crippen LogP) is 1.32. The van der Waals surface area contributed by atoms with Crippen molar-refractivity contribution in [2.75, 3.05) is 34.9 Å². The summed E-state index contributed by atoms with van der Waals surface area (Å²) < 4.78 is 0. The van der Waals surface area contributed by atoms with E-state index in [0.29, 0.717) is 16.9 Å². The fraction of sp³-hybridized carbons (Fsp3) is 0.556. The van der Waals surface area contributed by atoms with E-state index in [1.165, 1.54) is 17.3 Å². The Morgan fingerprint density at radius 1 is 1.40 bits per heavy atom. The van der Waals surface area contributed by atoms with Crippen LogP contribution in [0.3, 0.4) is 0 Å². The molecule has 1 saturated heterocycles. The lowest BCUT2D eigenvalue weighted by molar-refractivity contribution is 0.989. The van der Waals surface area contributed by atoms with Crippen LogP contribution in [0.25, 0.3) is 0 Å². The molecule has 0 bridgehead atoms.